The highest BCUT2D eigenvalue weighted by Gasteiger charge is 2.02. The van der Waals surface area contributed by atoms with Crippen LogP contribution in [0.1, 0.15) is 123 Å². The van der Waals surface area contributed by atoms with Gasteiger partial charge in [-0.1, -0.05) is 64.5 Å². The van der Waals surface area contributed by atoms with Crippen LogP contribution >= 0.6 is 0 Å². The van der Waals surface area contributed by atoms with Crippen LogP contribution in [0, 0.1) is 0 Å². The summed E-state index contributed by atoms with van der Waals surface area (Å²) in [6, 6.07) is 0. The number of rotatable bonds is 25. The molecule has 0 bridgehead atoms. The zero-order chi connectivity index (χ0) is 27.4. The zero-order valence-corrected chi connectivity index (χ0v) is 23.3. The molecule has 0 aromatic carbocycles. The predicted molar refractivity (Wildman–Crippen MR) is 146 cm³/mol. The van der Waals surface area contributed by atoms with Crippen LogP contribution in [0.4, 0.5) is 0 Å². The number of esters is 3. The van der Waals surface area contributed by atoms with Crippen LogP contribution in [0.3, 0.4) is 0 Å². The summed E-state index contributed by atoms with van der Waals surface area (Å²) >= 11 is 0. The normalized spacial score (nSPS) is 11.2. The summed E-state index contributed by atoms with van der Waals surface area (Å²) in [7, 11) is 0. The lowest BCUT2D eigenvalue weighted by molar-refractivity contribution is -0.146. The summed E-state index contributed by atoms with van der Waals surface area (Å²) in [5.74, 6) is -0.610. The molecule has 37 heavy (non-hydrogen) atoms. The van der Waals surface area contributed by atoms with Crippen LogP contribution in [0.5, 0.6) is 0 Å². The van der Waals surface area contributed by atoms with Crippen molar-refractivity contribution in [3.05, 3.63) is 24.3 Å². The Kier molecular flexibility index (Phi) is 24.9. The fourth-order valence-electron chi connectivity index (χ4n) is 3.62. The molecule has 0 aliphatic carbocycles. The maximum atomic E-state index is 11.7. The van der Waals surface area contributed by atoms with Crippen molar-refractivity contribution in [2.45, 2.75) is 123 Å². The van der Waals surface area contributed by atoms with Crippen LogP contribution in [0.2, 0.25) is 0 Å². The summed E-state index contributed by atoms with van der Waals surface area (Å²) in [5, 5.41) is 0. The second-order valence-corrected chi connectivity index (χ2v) is 9.26. The molecule has 0 rings (SSSR count). The van der Waals surface area contributed by atoms with Crippen molar-refractivity contribution >= 4 is 23.7 Å². The van der Waals surface area contributed by atoms with Gasteiger partial charge >= 0.3 is 17.9 Å². The van der Waals surface area contributed by atoms with Gasteiger partial charge in [-0.2, -0.15) is 0 Å². The Morgan fingerprint density at radius 3 is 1.54 bits per heavy atom. The SMILES string of the molecule is CCCC(=O)CCCCCCC/C=C/C(=O)OCCOC(=O)/C=C/CCCCCCCOC(=O)CCC. The number of carbonyl (C=O) groups is 4. The first-order chi connectivity index (χ1) is 18.0. The first-order valence-electron chi connectivity index (χ1n) is 14.3. The van der Waals surface area contributed by atoms with Gasteiger partial charge in [-0.15, -0.1) is 0 Å². The lowest BCUT2D eigenvalue weighted by atomic mass is 10.1. The van der Waals surface area contributed by atoms with Crippen molar-refractivity contribution in [1.29, 1.82) is 0 Å². The van der Waals surface area contributed by atoms with E-state index < -0.39 is 11.9 Å². The minimum absolute atomic E-state index is 0.0341. The second kappa shape index (κ2) is 26.6. The maximum absolute atomic E-state index is 11.7. The standard InChI is InChI=1S/C30H50O7/c1-3-19-27(31)21-15-11-7-5-8-12-16-22-29(33)36-25-26-37-30(34)23-17-13-9-6-10-14-18-24-35-28(32)20-4-2/h16-17,22-23H,3-15,18-21,24-26H2,1-2H3/b22-16+,23-17+. The smallest absolute Gasteiger partial charge is 0.330 e. The second-order valence-electron chi connectivity index (χ2n) is 9.26. The molecule has 0 amide bonds. The quantitative estimate of drug-likeness (QED) is 0.0553. The van der Waals surface area contributed by atoms with Crippen LogP contribution in [-0.2, 0) is 33.4 Å². The topological polar surface area (TPSA) is 96.0 Å². The molecule has 0 unspecified atom stereocenters. The third-order valence-corrected chi connectivity index (χ3v) is 5.67. The van der Waals surface area contributed by atoms with E-state index in [0.29, 0.717) is 31.7 Å². The zero-order valence-electron chi connectivity index (χ0n) is 23.3. The molecule has 0 radical (unpaired) electrons. The van der Waals surface area contributed by atoms with Crippen LogP contribution in [0.15, 0.2) is 24.3 Å². The Labute approximate surface area is 224 Å². The van der Waals surface area contributed by atoms with E-state index in [-0.39, 0.29) is 19.2 Å². The molecule has 0 fully saturated rings. The highest BCUT2D eigenvalue weighted by atomic mass is 16.6. The van der Waals surface area contributed by atoms with E-state index in [9.17, 15) is 19.2 Å². The minimum Gasteiger partial charge on any atom is -0.466 e. The fraction of sp³-hybridized carbons (Fsp3) is 0.733. The number of ether oxygens (including phenoxy) is 3. The molecule has 0 saturated carbocycles. The number of hydrogen-bond acceptors (Lipinski definition) is 7. The lowest BCUT2D eigenvalue weighted by Gasteiger charge is -2.04. The molecule has 0 aromatic heterocycles. The van der Waals surface area contributed by atoms with E-state index in [1.54, 1.807) is 6.08 Å². The first kappa shape index (κ1) is 34.6. The molecule has 0 spiro atoms. The average Bonchev–Trinajstić information content (AvgIpc) is 2.87. The molecule has 0 heterocycles. The average molecular weight is 523 g/mol. The molecular weight excluding hydrogens is 472 g/mol. The van der Waals surface area contributed by atoms with E-state index in [1.165, 1.54) is 12.2 Å². The molecule has 0 aliphatic rings. The molecule has 0 saturated heterocycles. The monoisotopic (exact) mass is 522 g/mol. The van der Waals surface area contributed by atoms with Gasteiger partial charge in [0, 0.05) is 31.4 Å². The van der Waals surface area contributed by atoms with Crippen molar-refractivity contribution in [2.24, 2.45) is 0 Å². The number of Topliss-reactive ketones (excluding diaryl/α,β-unsaturated/α-hetero) is 1. The summed E-state index contributed by atoms with van der Waals surface area (Å²) in [4.78, 5) is 46.0. The Balaban J connectivity index is 3.51. The summed E-state index contributed by atoms with van der Waals surface area (Å²) < 4.78 is 15.2. The molecule has 7 nitrogen and oxygen atoms in total. The molecule has 0 N–H and O–H groups in total. The Morgan fingerprint density at radius 2 is 1.00 bits per heavy atom. The fourth-order valence-corrected chi connectivity index (χ4v) is 3.62. The summed E-state index contributed by atoms with van der Waals surface area (Å²) in [6.07, 6.45) is 22.0. The van der Waals surface area contributed by atoms with Gasteiger partial charge in [0.15, 0.2) is 0 Å². The Morgan fingerprint density at radius 1 is 0.514 bits per heavy atom. The molecule has 7 heteroatoms. The number of unbranched alkanes of at least 4 members (excludes halogenated alkanes) is 10. The van der Waals surface area contributed by atoms with E-state index in [2.05, 4.69) is 0 Å². The highest BCUT2D eigenvalue weighted by molar-refractivity contribution is 5.82. The predicted octanol–water partition coefficient (Wildman–Crippen LogP) is 6.97. The van der Waals surface area contributed by atoms with Crippen LogP contribution < -0.4 is 0 Å². The molecule has 0 atom stereocenters. The van der Waals surface area contributed by atoms with Crippen LogP contribution in [-0.4, -0.2) is 43.5 Å². The highest BCUT2D eigenvalue weighted by Crippen LogP contribution is 2.09. The van der Waals surface area contributed by atoms with Gasteiger partial charge < -0.3 is 14.2 Å². The number of hydrogen-bond donors (Lipinski definition) is 0. The van der Waals surface area contributed by atoms with Crippen molar-refractivity contribution < 1.29 is 33.4 Å². The van der Waals surface area contributed by atoms with Gasteiger partial charge in [-0.3, -0.25) is 9.59 Å². The van der Waals surface area contributed by atoms with E-state index in [0.717, 1.165) is 89.9 Å². The summed E-state index contributed by atoms with van der Waals surface area (Å²) in [6.45, 7) is 4.56. The number of ketones is 1. The molecule has 212 valence electrons. The van der Waals surface area contributed by atoms with Gasteiger partial charge in [0.25, 0.3) is 0 Å². The number of allylic oxidation sites excluding steroid dienone is 2. The van der Waals surface area contributed by atoms with Gasteiger partial charge in [0.2, 0.25) is 0 Å². The van der Waals surface area contributed by atoms with Crippen molar-refractivity contribution in [3.8, 4) is 0 Å². The first-order valence-corrected chi connectivity index (χ1v) is 14.3. The molecular formula is C30H50O7. The number of carbonyl (C=O) groups excluding carboxylic acids is 4. The van der Waals surface area contributed by atoms with Crippen molar-refractivity contribution in [3.63, 3.8) is 0 Å². The van der Waals surface area contributed by atoms with E-state index >= 15 is 0 Å². The Hall–Kier alpha value is -2.44. The van der Waals surface area contributed by atoms with E-state index in [1.807, 2.05) is 19.9 Å². The van der Waals surface area contributed by atoms with Gasteiger partial charge in [-0.05, 0) is 51.4 Å². The molecule has 0 aromatic rings. The summed E-state index contributed by atoms with van der Waals surface area (Å²) in [5.41, 5.74) is 0. The van der Waals surface area contributed by atoms with Gasteiger partial charge in [0.05, 0.1) is 6.61 Å². The van der Waals surface area contributed by atoms with Crippen molar-refractivity contribution in [1.82, 2.24) is 0 Å². The third-order valence-electron chi connectivity index (χ3n) is 5.67. The minimum atomic E-state index is -0.435. The van der Waals surface area contributed by atoms with Crippen molar-refractivity contribution in [2.75, 3.05) is 19.8 Å². The lowest BCUT2D eigenvalue weighted by Crippen LogP contribution is -2.11. The molecule has 0 aliphatic heterocycles. The Bertz CT molecular complexity index is 667. The third kappa shape index (κ3) is 26.4. The van der Waals surface area contributed by atoms with E-state index in [4.69, 9.17) is 14.2 Å². The van der Waals surface area contributed by atoms with Crippen LogP contribution in [0.25, 0.3) is 0 Å². The largest absolute Gasteiger partial charge is 0.466 e. The van der Waals surface area contributed by atoms with Gasteiger partial charge in [-0.25, -0.2) is 9.59 Å². The van der Waals surface area contributed by atoms with Gasteiger partial charge in [0.1, 0.15) is 19.0 Å². The maximum Gasteiger partial charge on any atom is 0.330 e.